The molecule has 28 heavy (non-hydrogen) atoms. The first-order valence-electron chi connectivity index (χ1n) is 8.79. The Morgan fingerprint density at radius 2 is 1.46 bits per heavy atom. The van der Waals surface area contributed by atoms with Gasteiger partial charge in [-0.25, -0.2) is 9.97 Å². The molecule has 0 atom stereocenters. The highest BCUT2D eigenvalue weighted by Gasteiger charge is 2.10. The van der Waals surface area contributed by atoms with Gasteiger partial charge in [0.15, 0.2) is 0 Å². The van der Waals surface area contributed by atoms with E-state index in [-0.39, 0.29) is 11.6 Å². The fraction of sp³-hybridized carbons (Fsp3) is 0.190. The van der Waals surface area contributed by atoms with E-state index in [4.69, 9.17) is 9.47 Å². The summed E-state index contributed by atoms with van der Waals surface area (Å²) in [6.45, 7) is 0.885. The molecule has 0 unspecified atom stereocenters. The molecule has 0 saturated heterocycles. The van der Waals surface area contributed by atoms with E-state index in [9.17, 15) is 4.79 Å². The molecule has 3 aromatic rings. The number of benzene rings is 2. The highest BCUT2D eigenvalue weighted by Crippen LogP contribution is 2.18. The lowest BCUT2D eigenvalue weighted by Crippen LogP contribution is -2.24. The van der Waals surface area contributed by atoms with E-state index >= 15 is 0 Å². The number of anilines is 1. The van der Waals surface area contributed by atoms with Gasteiger partial charge in [0.05, 0.1) is 26.6 Å². The molecular weight excluding hydrogens is 356 g/mol. The molecule has 0 aliphatic carbocycles. The van der Waals surface area contributed by atoms with Gasteiger partial charge in [0.25, 0.3) is 5.91 Å². The molecule has 2 N–H and O–H groups in total. The van der Waals surface area contributed by atoms with Crippen LogP contribution in [0.25, 0.3) is 0 Å². The van der Waals surface area contributed by atoms with E-state index in [0.717, 1.165) is 22.6 Å². The number of methoxy groups -OCH3 is 2. The van der Waals surface area contributed by atoms with E-state index in [2.05, 4.69) is 20.6 Å². The number of rotatable bonds is 8. The maximum atomic E-state index is 12.3. The third-order valence-electron chi connectivity index (χ3n) is 4.17. The van der Waals surface area contributed by atoms with E-state index in [1.165, 1.54) is 12.4 Å². The summed E-state index contributed by atoms with van der Waals surface area (Å²) in [7, 11) is 3.24. The number of ether oxygens (including phenoxy) is 2. The largest absolute Gasteiger partial charge is 0.496 e. The molecule has 1 aromatic heterocycles. The van der Waals surface area contributed by atoms with Crippen molar-refractivity contribution in [2.45, 2.75) is 13.1 Å². The predicted octanol–water partition coefficient (Wildman–Crippen LogP) is 3.04. The summed E-state index contributed by atoms with van der Waals surface area (Å²) >= 11 is 0. The molecule has 0 aliphatic heterocycles. The lowest BCUT2D eigenvalue weighted by Gasteiger charge is -2.10. The molecule has 2 aromatic carbocycles. The standard InChI is InChI=1S/C21H22N4O3/c1-27-18-9-5-3-7-15(18)11-23-20-14-22-17(13-24-20)21(26)25-12-16-8-4-6-10-19(16)28-2/h3-10,13-14H,11-12H2,1-2H3,(H,23,24)(H,25,26). The van der Waals surface area contributed by atoms with Crippen molar-refractivity contribution in [3.05, 3.63) is 77.7 Å². The number of nitrogens with one attached hydrogen (secondary N) is 2. The molecule has 0 fully saturated rings. The molecule has 0 bridgehead atoms. The molecule has 0 saturated carbocycles. The predicted molar refractivity (Wildman–Crippen MR) is 107 cm³/mol. The van der Waals surface area contributed by atoms with Crippen LogP contribution in [-0.4, -0.2) is 30.1 Å². The van der Waals surface area contributed by atoms with Crippen LogP contribution < -0.4 is 20.1 Å². The van der Waals surface area contributed by atoms with E-state index < -0.39 is 0 Å². The zero-order valence-corrected chi connectivity index (χ0v) is 15.8. The van der Waals surface area contributed by atoms with Crippen LogP contribution in [0.4, 0.5) is 5.82 Å². The van der Waals surface area contributed by atoms with Gasteiger partial charge in [-0.2, -0.15) is 0 Å². The number of hydrogen-bond donors (Lipinski definition) is 2. The molecule has 0 spiro atoms. The van der Waals surface area contributed by atoms with Gasteiger partial charge in [-0.05, 0) is 12.1 Å². The highest BCUT2D eigenvalue weighted by molar-refractivity contribution is 5.92. The van der Waals surface area contributed by atoms with Crippen molar-refractivity contribution in [1.82, 2.24) is 15.3 Å². The third kappa shape index (κ3) is 4.76. The molecule has 1 amide bonds. The summed E-state index contributed by atoms with van der Waals surface area (Å²) < 4.78 is 10.6. The number of nitrogens with zero attached hydrogens (tertiary/aromatic N) is 2. The smallest absolute Gasteiger partial charge is 0.271 e. The molecule has 1 heterocycles. The Labute approximate surface area is 163 Å². The number of hydrogen-bond acceptors (Lipinski definition) is 6. The van der Waals surface area contributed by atoms with Crippen molar-refractivity contribution < 1.29 is 14.3 Å². The number of amides is 1. The van der Waals surface area contributed by atoms with E-state index in [0.29, 0.717) is 18.9 Å². The quantitative estimate of drug-likeness (QED) is 0.627. The summed E-state index contributed by atoms with van der Waals surface area (Å²) in [6.07, 6.45) is 2.98. The van der Waals surface area contributed by atoms with Crippen molar-refractivity contribution in [3.63, 3.8) is 0 Å². The molecule has 7 heteroatoms. The SMILES string of the molecule is COc1ccccc1CNC(=O)c1cnc(NCc2ccccc2OC)cn1. The zero-order valence-electron chi connectivity index (χ0n) is 15.8. The van der Waals surface area contributed by atoms with Gasteiger partial charge in [0.2, 0.25) is 0 Å². The fourth-order valence-corrected chi connectivity index (χ4v) is 2.69. The van der Waals surface area contributed by atoms with Crippen LogP contribution in [0.5, 0.6) is 11.5 Å². The average Bonchev–Trinajstić information content (AvgIpc) is 2.76. The molecule has 3 rings (SSSR count). The minimum absolute atomic E-state index is 0.248. The topological polar surface area (TPSA) is 85.4 Å². The second-order valence-electron chi connectivity index (χ2n) is 5.95. The highest BCUT2D eigenvalue weighted by atomic mass is 16.5. The van der Waals surface area contributed by atoms with Crippen molar-refractivity contribution in [2.24, 2.45) is 0 Å². The summed E-state index contributed by atoms with van der Waals surface area (Å²) in [6, 6.07) is 15.3. The number of carbonyl (C=O) groups is 1. The summed E-state index contributed by atoms with van der Waals surface area (Å²) in [5, 5.41) is 6.00. The monoisotopic (exact) mass is 378 g/mol. The van der Waals surface area contributed by atoms with Crippen LogP contribution in [-0.2, 0) is 13.1 Å². The van der Waals surface area contributed by atoms with Crippen molar-refractivity contribution in [3.8, 4) is 11.5 Å². The van der Waals surface area contributed by atoms with Crippen molar-refractivity contribution in [1.29, 1.82) is 0 Å². The maximum Gasteiger partial charge on any atom is 0.271 e. The molecule has 0 aliphatic rings. The van der Waals surface area contributed by atoms with Crippen LogP contribution in [0.2, 0.25) is 0 Å². The van der Waals surface area contributed by atoms with Crippen LogP contribution in [0, 0.1) is 0 Å². The van der Waals surface area contributed by atoms with Gasteiger partial charge in [0, 0.05) is 24.2 Å². The summed E-state index contributed by atoms with van der Waals surface area (Å²) in [4.78, 5) is 20.7. The number of carbonyl (C=O) groups excluding carboxylic acids is 1. The first-order valence-corrected chi connectivity index (χ1v) is 8.79. The second-order valence-corrected chi connectivity index (χ2v) is 5.95. The van der Waals surface area contributed by atoms with E-state index in [1.807, 2.05) is 48.5 Å². The van der Waals surface area contributed by atoms with Crippen molar-refractivity contribution in [2.75, 3.05) is 19.5 Å². The maximum absolute atomic E-state index is 12.3. The number of para-hydroxylation sites is 2. The van der Waals surface area contributed by atoms with E-state index in [1.54, 1.807) is 14.2 Å². The van der Waals surface area contributed by atoms with Crippen molar-refractivity contribution >= 4 is 11.7 Å². The molecule has 7 nitrogen and oxygen atoms in total. The van der Waals surface area contributed by atoms with Crippen LogP contribution in [0.15, 0.2) is 60.9 Å². The summed E-state index contributed by atoms with van der Waals surface area (Å²) in [5.41, 5.74) is 2.14. The lowest BCUT2D eigenvalue weighted by molar-refractivity contribution is 0.0945. The Kier molecular flexibility index (Phi) is 6.41. The van der Waals surface area contributed by atoms with Crippen LogP contribution in [0.3, 0.4) is 0 Å². The fourth-order valence-electron chi connectivity index (χ4n) is 2.69. The Balaban J connectivity index is 1.57. The summed E-state index contributed by atoms with van der Waals surface area (Å²) in [5.74, 6) is 1.81. The van der Waals surface area contributed by atoms with Crippen LogP contribution >= 0.6 is 0 Å². The normalized spacial score (nSPS) is 10.2. The average molecular weight is 378 g/mol. The lowest BCUT2D eigenvalue weighted by atomic mass is 10.2. The Hall–Kier alpha value is -3.61. The Bertz CT molecular complexity index is 929. The van der Waals surface area contributed by atoms with Gasteiger partial charge in [-0.1, -0.05) is 36.4 Å². The molecule has 0 radical (unpaired) electrons. The first-order chi connectivity index (χ1) is 13.7. The third-order valence-corrected chi connectivity index (χ3v) is 4.17. The van der Waals surface area contributed by atoms with Gasteiger partial charge < -0.3 is 20.1 Å². The first kappa shape index (κ1) is 19.2. The Morgan fingerprint density at radius 3 is 2.04 bits per heavy atom. The van der Waals surface area contributed by atoms with Crippen LogP contribution in [0.1, 0.15) is 21.6 Å². The molecule has 144 valence electrons. The molecular formula is C21H22N4O3. The van der Waals surface area contributed by atoms with Gasteiger partial charge in [-0.15, -0.1) is 0 Å². The minimum atomic E-state index is -0.297. The van der Waals surface area contributed by atoms with Gasteiger partial charge in [-0.3, -0.25) is 4.79 Å². The second kappa shape index (κ2) is 9.36. The minimum Gasteiger partial charge on any atom is -0.496 e. The zero-order chi connectivity index (χ0) is 19.8. The van der Waals surface area contributed by atoms with Gasteiger partial charge in [0.1, 0.15) is 23.0 Å². The number of aromatic nitrogens is 2. The van der Waals surface area contributed by atoms with Gasteiger partial charge >= 0.3 is 0 Å². The Morgan fingerprint density at radius 1 is 0.857 bits per heavy atom.